The van der Waals surface area contributed by atoms with Crippen LogP contribution in [0.4, 0.5) is 5.82 Å². The van der Waals surface area contributed by atoms with E-state index in [-0.39, 0.29) is 0 Å². The van der Waals surface area contributed by atoms with Crippen LogP contribution >= 0.6 is 15.9 Å². The van der Waals surface area contributed by atoms with Crippen LogP contribution in [0.3, 0.4) is 0 Å². The molecule has 1 heterocycles. The van der Waals surface area contributed by atoms with Crippen LogP contribution in [0.25, 0.3) is 0 Å². The Hall–Kier alpha value is -0.570. The minimum Gasteiger partial charge on any atom is -0.370 e. The van der Waals surface area contributed by atoms with Crippen LogP contribution in [0.5, 0.6) is 0 Å². The maximum atomic E-state index is 4.47. The molecule has 1 aromatic heterocycles. The lowest BCUT2D eigenvalue weighted by atomic mass is 10.1. The van der Waals surface area contributed by atoms with Crippen molar-refractivity contribution in [2.75, 3.05) is 11.9 Å². The Bertz CT molecular complexity index is 347. The van der Waals surface area contributed by atoms with Gasteiger partial charge in [0.2, 0.25) is 0 Å². The molecule has 0 bridgehead atoms. The van der Waals surface area contributed by atoms with Crippen LogP contribution in [-0.4, -0.2) is 11.5 Å². The number of nitrogens with one attached hydrogen (secondary N) is 1. The van der Waals surface area contributed by atoms with Gasteiger partial charge in [0.15, 0.2) is 0 Å². The molecule has 1 unspecified atom stereocenters. The summed E-state index contributed by atoms with van der Waals surface area (Å²) in [5, 5.41) is 3.40. The van der Waals surface area contributed by atoms with Gasteiger partial charge in [0.25, 0.3) is 0 Å². The third kappa shape index (κ3) is 2.94. The third-order valence-corrected chi connectivity index (χ3v) is 3.89. The van der Waals surface area contributed by atoms with E-state index in [0.29, 0.717) is 0 Å². The van der Waals surface area contributed by atoms with Crippen molar-refractivity contribution >= 4 is 21.7 Å². The normalized spacial score (nSPS) is 17.5. The molecular weight excluding hydrogens is 252 g/mol. The van der Waals surface area contributed by atoms with Gasteiger partial charge in [-0.3, -0.25) is 0 Å². The lowest BCUT2D eigenvalue weighted by molar-refractivity contribution is 0.536. The highest BCUT2D eigenvalue weighted by Crippen LogP contribution is 2.36. The summed E-state index contributed by atoms with van der Waals surface area (Å²) in [5.74, 6) is 2.72. The molecule has 1 aromatic rings. The second-order valence-electron chi connectivity index (χ2n) is 4.46. The highest BCUT2D eigenvalue weighted by atomic mass is 79.9. The first-order valence-corrected chi connectivity index (χ1v) is 6.33. The number of hydrogen-bond donors (Lipinski definition) is 1. The van der Waals surface area contributed by atoms with Crippen LogP contribution in [0.15, 0.2) is 16.6 Å². The SMILES string of the molecule is Cc1nc(NCC(C)C2CC2)ccc1Br. The summed E-state index contributed by atoms with van der Waals surface area (Å²) >= 11 is 3.45. The number of anilines is 1. The van der Waals surface area contributed by atoms with E-state index in [0.717, 1.165) is 34.4 Å². The molecule has 1 saturated carbocycles. The molecule has 0 aromatic carbocycles. The number of aryl methyl sites for hydroxylation is 1. The second kappa shape index (κ2) is 4.52. The van der Waals surface area contributed by atoms with E-state index in [1.807, 2.05) is 19.1 Å². The standard InChI is InChI=1S/C12H17BrN2/c1-8(10-3-4-10)7-14-12-6-5-11(13)9(2)15-12/h5-6,8,10H,3-4,7H2,1-2H3,(H,14,15). The maximum Gasteiger partial charge on any atom is 0.126 e. The molecule has 0 saturated heterocycles. The predicted molar refractivity (Wildman–Crippen MR) is 67.1 cm³/mol. The Morgan fingerprint density at radius 2 is 2.27 bits per heavy atom. The Kier molecular flexibility index (Phi) is 3.29. The van der Waals surface area contributed by atoms with E-state index in [9.17, 15) is 0 Å². The van der Waals surface area contributed by atoms with Crippen molar-refractivity contribution < 1.29 is 0 Å². The Balaban J connectivity index is 1.89. The van der Waals surface area contributed by atoms with E-state index in [2.05, 4.69) is 33.2 Å². The third-order valence-electron chi connectivity index (χ3n) is 3.05. The molecule has 0 aliphatic heterocycles. The average molecular weight is 269 g/mol. The van der Waals surface area contributed by atoms with Crippen molar-refractivity contribution in [3.05, 3.63) is 22.3 Å². The van der Waals surface area contributed by atoms with Crippen molar-refractivity contribution in [3.63, 3.8) is 0 Å². The summed E-state index contributed by atoms with van der Waals surface area (Å²) in [6, 6.07) is 4.07. The maximum absolute atomic E-state index is 4.47. The zero-order valence-electron chi connectivity index (χ0n) is 9.26. The zero-order chi connectivity index (χ0) is 10.8. The number of hydrogen-bond acceptors (Lipinski definition) is 2. The van der Waals surface area contributed by atoms with E-state index >= 15 is 0 Å². The van der Waals surface area contributed by atoms with Crippen molar-refractivity contribution in [1.29, 1.82) is 0 Å². The molecule has 0 amide bonds. The van der Waals surface area contributed by atoms with Crippen LogP contribution in [0.1, 0.15) is 25.5 Å². The summed E-state index contributed by atoms with van der Waals surface area (Å²) in [5.41, 5.74) is 1.04. The lowest BCUT2D eigenvalue weighted by Gasteiger charge is -2.12. The molecule has 1 atom stereocenters. The second-order valence-corrected chi connectivity index (χ2v) is 5.31. The minimum atomic E-state index is 0.774. The van der Waals surface area contributed by atoms with Crippen molar-refractivity contribution in [3.8, 4) is 0 Å². The largest absolute Gasteiger partial charge is 0.370 e. The van der Waals surface area contributed by atoms with E-state index < -0.39 is 0 Å². The summed E-state index contributed by atoms with van der Waals surface area (Å²) in [6.45, 7) is 5.37. The van der Waals surface area contributed by atoms with Gasteiger partial charge in [-0.2, -0.15) is 0 Å². The quantitative estimate of drug-likeness (QED) is 0.903. The van der Waals surface area contributed by atoms with Crippen LogP contribution in [0, 0.1) is 18.8 Å². The molecule has 1 aliphatic rings. The fraction of sp³-hybridized carbons (Fsp3) is 0.583. The van der Waals surface area contributed by atoms with Gasteiger partial charge in [-0.05, 0) is 59.7 Å². The van der Waals surface area contributed by atoms with Gasteiger partial charge in [0, 0.05) is 11.0 Å². The number of pyridine rings is 1. The number of aromatic nitrogens is 1. The van der Waals surface area contributed by atoms with Gasteiger partial charge < -0.3 is 5.32 Å². The molecular formula is C12H17BrN2. The topological polar surface area (TPSA) is 24.9 Å². The summed E-state index contributed by atoms with van der Waals surface area (Å²) in [6.07, 6.45) is 2.82. The Morgan fingerprint density at radius 1 is 1.53 bits per heavy atom. The number of nitrogens with zero attached hydrogens (tertiary/aromatic N) is 1. The van der Waals surface area contributed by atoms with Crippen LogP contribution < -0.4 is 5.32 Å². The Morgan fingerprint density at radius 3 is 2.87 bits per heavy atom. The van der Waals surface area contributed by atoms with E-state index in [4.69, 9.17) is 0 Å². The molecule has 1 fully saturated rings. The predicted octanol–water partition coefficient (Wildman–Crippen LogP) is 3.61. The van der Waals surface area contributed by atoms with E-state index in [1.54, 1.807) is 0 Å². The van der Waals surface area contributed by atoms with Gasteiger partial charge in [0.05, 0.1) is 5.69 Å². The van der Waals surface area contributed by atoms with Crippen LogP contribution in [-0.2, 0) is 0 Å². The fourth-order valence-corrected chi connectivity index (χ4v) is 1.96. The molecule has 0 spiro atoms. The van der Waals surface area contributed by atoms with Crippen molar-refractivity contribution in [2.45, 2.75) is 26.7 Å². The zero-order valence-corrected chi connectivity index (χ0v) is 10.8. The highest BCUT2D eigenvalue weighted by Gasteiger charge is 2.27. The smallest absolute Gasteiger partial charge is 0.126 e. The average Bonchev–Trinajstić information content (AvgIpc) is 3.03. The van der Waals surface area contributed by atoms with Gasteiger partial charge in [-0.1, -0.05) is 6.92 Å². The first-order chi connectivity index (χ1) is 7.16. The first-order valence-electron chi connectivity index (χ1n) is 5.54. The summed E-state index contributed by atoms with van der Waals surface area (Å²) < 4.78 is 1.07. The first kappa shape index (κ1) is 10.9. The lowest BCUT2D eigenvalue weighted by Crippen LogP contribution is -2.13. The summed E-state index contributed by atoms with van der Waals surface area (Å²) in [4.78, 5) is 4.47. The molecule has 82 valence electrons. The highest BCUT2D eigenvalue weighted by molar-refractivity contribution is 9.10. The molecule has 0 radical (unpaired) electrons. The van der Waals surface area contributed by atoms with E-state index in [1.165, 1.54) is 12.8 Å². The molecule has 3 heteroatoms. The van der Waals surface area contributed by atoms with Gasteiger partial charge in [-0.15, -0.1) is 0 Å². The van der Waals surface area contributed by atoms with Crippen molar-refractivity contribution in [1.82, 2.24) is 4.98 Å². The minimum absolute atomic E-state index is 0.774. The molecule has 1 aliphatic carbocycles. The van der Waals surface area contributed by atoms with Crippen LogP contribution in [0.2, 0.25) is 0 Å². The van der Waals surface area contributed by atoms with Gasteiger partial charge >= 0.3 is 0 Å². The van der Waals surface area contributed by atoms with Gasteiger partial charge in [0.1, 0.15) is 5.82 Å². The summed E-state index contributed by atoms with van der Waals surface area (Å²) in [7, 11) is 0. The molecule has 15 heavy (non-hydrogen) atoms. The molecule has 2 nitrogen and oxygen atoms in total. The Labute approximate surface area is 99.6 Å². The fourth-order valence-electron chi connectivity index (χ4n) is 1.74. The number of halogens is 1. The number of rotatable bonds is 4. The van der Waals surface area contributed by atoms with Crippen molar-refractivity contribution in [2.24, 2.45) is 11.8 Å². The monoisotopic (exact) mass is 268 g/mol. The molecule has 2 rings (SSSR count). The van der Waals surface area contributed by atoms with Gasteiger partial charge in [-0.25, -0.2) is 4.98 Å². The molecule has 1 N–H and O–H groups in total.